The molecule has 2 heterocycles. The Balaban J connectivity index is 1.87. The van der Waals surface area contributed by atoms with Crippen LogP contribution >= 0.6 is 28.1 Å². The van der Waals surface area contributed by atoms with Crippen LogP contribution in [0.15, 0.2) is 52.9 Å². The molecule has 0 radical (unpaired) electrons. The van der Waals surface area contributed by atoms with Gasteiger partial charge in [0, 0.05) is 22.4 Å². The van der Waals surface area contributed by atoms with Crippen molar-refractivity contribution in [3.8, 4) is 5.75 Å². The van der Waals surface area contributed by atoms with E-state index >= 15 is 0 Å². The van der Waals surface area contributed by atoms with Crippen LogP contribution < -0.4 is 10.1 Å². The lowest BCUT2D eigenvalue weighted by Gasteiger charge is -2.13. The molecule has 7 heteroatoms. The van der Waals surface area contributed by atoms with Gasteiger partial charge in [-0.3, -0.25) is 14.7 Å². The number of halogens is 1. The highest BCUT2D eigenvalue weighted by Gasteiger charge is 2.30. The van der Waals surface area contributed by atoms with E-state index in [1.165, 1.54) is 4.90 Å². The Morgan fingerprint density at radius 2 is 2.24 bits per heavy atom. The number of hydrogen-bond donors (Lipinski definition) is 1. The number of rotatable bonds is 5. The lowest BCUT2D eigenvalue weighted by Crippen LogP contribution is -2.30. The highest BCUT2D eigenvalue weighted by molar-refractivity contribution is 9.10. The molecule has 0 atom stereocenters. The van der Waals surface area contributed by atoms with E-state index in [1.54, 1.807) is 18.5 Å². The van der Waals surface area contributed by atoms with E-state index in [0.29, 0.717) is 29.7 Å². The predicted octanol–water partition coefficient (Wildman–Crippen LogP) is 3.50. The number of carbonyl (C=O) groups is 1. The van der Waals surface area contributed by atoms with E-state index in [9.17, 15) is 4.79 Å². The topological polar surface area (TPSA) is 54.5 Å². The molecule has 5 nitrogen and oxygen atoms in total. The summed E-state index contributed by atoms with van der Waals surface area (Å²) in [6.07, 6.45) is 5.17. The van der Waals surface area contributed by atoms with Crippen LogP contribution in [-0.2, 0) is 11.3 Å². The summed E-state index contributed by atoms with van der Waals surface area (Å²) in [4.78, 5) is 18.3. The molecule has 128 valence electrons. The fourth-order valence-corrected chi connectivity index (χ4v) is 3.10. The van der Waals surface area contributed by atoms with Crippen LogP contribution in [0.4, 0.5) is 0 Å². The van der Waals surface area contributed by atoms with E-state index in [-0.39, 0.29) is 5.91 Å². The van der Waals surface area contributed by atoms with E-state index in [4.69, 9.17) is 17.0 Å². The monoisotopic (exact) mass is 417 g/mol. The first kappa shape index (κ1) is 17.6. The van der Waals surface area contributed by atoms with Crippen molar-refractivity contribution in [2.75, 3.05) is 6.61 Å². The van der Waals surface area contributed by atoms with Gasteiger partial charge >= 0.3 is 0 Å². The summed E-state index contributed by atoms with van der Waals surface area (Å²) in [6, 6.07) is 9.41. The van der Waals surface area contributed by atoms with Crippen molar-refractivity contribution in [1.29, 1.82) is 0 Å². The van der Waals surface area contributed by atoms with Gasteiger partial charge in [0.05, 0.1) is 13.2 Å². The standard InChI is InChI=1S/C18H16BrN3O2S/c1-2-24-16-6-5-14(19)8-13(16)9-15-17(23)22(18(25)21-15)11-12-4-3-7-20-10-12/h3-10H,2,11H2,1H3,(H,21,25)/b15-9-. The van der Waals surface area contributed by atoms with Crippen LogP contribution in [0.25, 0.3) is 6.08 Å². The number of carbonyl (C=O) groups excluding carboxylic acids is 1. The Morgan fingerprint density at radius 3 is 2.96 bits per heavy atom. The van der Waals surface area contributed by atoms with Crippen molar-refractivity contribution in [1.82, 2.24) is 15.2 Å². The first-order valence-electron chi connectivity index (χ1n) is 7.74. The average Bonchev–Trinajstić information content (AvgIpc) is 2.86. The molecule has 0 bridgehead atoms. The second-order valence-corrected chi connectivity index (χ2v) is 6.66. The second-order valence-electron chi connectivity index (χ2n) is 5.36. The van der Waals surface area contributed by atoms with Gasteiger partial charge in [0.1, 0.15) is 11.4 Å². The number of ether oxygens (including phenoxy) is 1. The zero-order valence-electron chi connectivity index (χ0n) is 13.5. The van der Waals surface area contributed by atoms with Gasteiger partial charge in [-0.05, 0) is 55.0 Å². The number of amides is 1. The van der Waals surface area contributed by atoms with Gasteiger partial charge in [-0.2, -0.15) is 0 Å². The van der Waals surface area contributed by atoms with Gasteiger partial charge in [-0.25, -0.2) is 0 Å². The number of nitrogens with zero attached hydrogens (tertiary/aromatic N) is 2. The third kappa shape index (κ3) is 4.05. The summed E-state index contributed by atoms with van der Waals surface area (Å²) in [7, 11) is 0. The number of benzene rings is 1. The maximum atomic E-state index is 12.7. The first-order chi connectivity index (χ1) is 12.1. The summed E-state index contributed by atoms with van der Waals surface area (Å²) in [5.41, 5.74) is 2.14. The minimum atomic E-state index is -0.170. The molecule has 1 aliphatic rings. The SMILES string of the molecule is CCOc1ccc(Br)cc1/C=C1\NC(=S)N(Cc2cccnc2)C1=O. The van der Waals surface area contributed by atoms with Gasteiger partial charge in [0.25, 0.3) is 5.91 Å². The molecule has 1 amide bonds. The molecule has 0 unspecified atom stereocenters. The molecule has 1 N–H and O–H groups in total. The molecule has 1 aromatic heterocycles. The van der Waals surface area contributed by atoms with Crippen molar-refractivity contribution < 1.29 is 9.53 Å². The summed E-state index contributed by atoms with van der Waals surface area (Å²) in [6.45, 7) is 2.85. The number of aromatic nitrogens is 1. The highest BCUT2D eigenvalue weighted by Crippen LogP contribution is 2.27. The zero-order valence-corrected chi connectivity index (χ0v) is 15.9. The van der Waals surface area contributed by atoms with Crippen LogP contribution in [0, 0.1) is 0 Å². The molecule has 2 aromatic rings. The fraction of sp³-hybridized carbons (Fsp3) is 0.167. The molecule has 0 aliphatic carbocycles. The Bertz CT molecular complexity index is 839. The van der Waals surface area contributed by atoms with Crippen molar-refractivity contribution in [3.05, 3.63) is 64.0 Å². The molecule has 3 rings (SSSR count). The fourth-order valence-electron chi connectivity index (χ4n) is 2.46. The number of nitrogens with one attached hydrogen (secondary N) is 1. The Hall–Kier alpha value is -2.25. The summed E-state index contributed by atoms with van der Waals surface area (Å²) >= 11 is 8.76. The van der Waals surface area contributed by atoms with Gasteiger partial charge < -0.3 is 10.1 Å². The minimum absolute atomic E-state index is 0.170. The molecule has 1 fully saturated rings. The predicted molar refractivity (Wildman–Crippen MR) is 104 cm³/mol. The zero-order chi connectivity index (χ0) is 17.8. The summed E-state index contributed by atoms with van der Waals surface area (Å²) < 4.78 is 6.53. The highest BCUT2D eigenvalue weighted by atomic mass is 79.9. The molecular weight excluding hydrogens is 402 g/mol. The van der Waals surface area contributed by atoms with E-state index < -0.39 is 0 Å². The third-order valence-electron chi connectivity index (χ3n) is 3.60. The van der Waals surface area contributed by atoms with Crippen LogP contribution in [0.3, 0.4) is 0 Å². The lowest BCUT2D eigenvalue weighted by atomic mass is 10.1. The van der Waals surface area contributed by atoms with Crippen LogP contribution in [-0.4, -0.2) is 27.5 Å². The molecule has 0 spiro atoms. The van der Waals surface area contributed by atoms with Crippen molar-refractivity contribution in [2.24, 2.45) is 0 Å². The average molecular weight is 418 g/mol. The number of hydrogen-bond acceptors (Lipinski definition) is 4. The lowest BCUT2D eigenvalue weighted by molar-refractivity contribution is -0.122. The third-order valence-corrected chi connectivity index (χ3v) is 4.41. The van der Waals surface area contributed by atoms with Gasteiger partial charge in [0.2, 0.25) is 0 Å². The molecule has 1 aliphatic heterocycles. The van der Waals surface area contributed by atoms with Crippen molar-refractivity contribution in [2.45, 2.75) is 13.5 Å². The quantitative estimate of drug-likeness (QED) is 0.595. The molecule has 0 saturated carbocycles. The normalized spacial score (nSPS) is 15.6. The summed E-state index contributed by atoms with van der Waals surface area (Å²) in [5.74, 6) is 0.542. The first-order valence-corrected chi connectivity index (χ1v) is 8.94. The van der Waals surface area contributed by atoms with Crippen molar-refractivity contribution >= 4 is 45.2 Å². The smallest absolute Gasteiger partial charge is 0.276 e. The summed E-state index contributed by atoms with van der Waals surface area (Å²) in [5, 5.41) is 3.37. The van der Waals surface area contributed by atoms with E-state index in [1.807, 2.05) is 37.3 Å². The molecular formula is C18H16BrN3O2S. The largest absolute Gasteiger partial charge is 0.493 e. The Kier molecular flexibility index (Phi) is 5.45. The van der Waals surface area contributed by atoms with E-state index in [2.05, 4.69) is 26.2 Å². The second kappa shape index (κ2) is 7.76. The van der Waals surface area contributed by atoms with Gasteiger partial charge in [-0.1, -0.05) is 22.0 Å². The minimum Gasteiger partial charge on any atom is -0.493 e. The number of pyridine rings is 1. The number of thiocarbonyl (C=S) groups is 1. The molecule has 1 saturated heterocycles. The Labute approximate surface area is 159 Å². The maximum absolute atomic E-state index is 12.7. The van der Waals surface area contributed by atoms with Crippen molar-refractivity contribution in [3.63, 3.8) is 0 Å². The van der Waals surface area contributed by atoms with Crippen LogP contribution in [0.2, 0.25) is 0 Å². The molecule has 25 heavy (non-hydrogen) atoms. The Morgan fingerprint density at radius 1 is 1.40 bits per heavy atom. The van der Waals surface area contributed by atoms with Gasteiger partial charge in [0.15, 0.2) is 5.11 Å². The molecule has 1 aromatic carbocycles. The van der Waals surface area contributed by atoms with Crippen LogP contribution in [0.1, 0.15) is 18.1 Å². The maximum Gasteiger partial charge on any atom is 0.276 e. The van der Waals surface area contributed by atoms with Gasteiger partial charge in [-0.15, -0.1) is 0 Å². The van der Waals surface area contributed by atoms with E-state index in [0.717, 1.165) is 15.6 Å². The van der Waals surface area contributed by atoms with Crippen LogP contribution in [0.5, 0.6) is 5.75 Å².